The molecule has 27 heavy (non-hydrogen) atoms. The number of unbranched alkanes of at least 4 members (excludes halogenated alkanes) is 1. The molecule has 7 heteroatoms. The molecule has 0 spiro atoms. The zero-order chi connectivity index (χ0) is 19.2. The van der Waals surface area contributed by atoms with Crippen LogP contribution >= 0.6 is 15.9 Å². The largest absolute Gasteiger partial charge is 0.482 e. The van der Waals surface area contributed by atoms with E-state index in [0.29, 0.717) is 36.3 Å². The molecule has 0 unspecified atom stereocenters. The van der Waals surface area contributed by atoms with Crippen LogP contribution in [0.1, 0.15) is 33.6 Å². The topological polar surface area (TPSA) is 72.9 Å². The second-order valence-corrected chi connectivity index (χ2v) is 6.89. The molecule has 0 radical (unpaired) electrons. The summed E-state index contributed by atoms with van der Waals surface area (Å²) < 4.78 is 11.4. The monoisotopic (exact) mass is 431 g/mol. The van der Waals surface area contributed by atoms with Crippen LogP contribution in [0.15, 0.2) is 53.0 Å². The third-order valence-corrected chi connectivity index (χ3v) is 4.62. The van der Waals surface area contributed by atoms with Gasteiger partial charge in [0.2, 0.25) is 0 Å². The summed E-state index contributed by atoms with van der Waals surface area (Å²) in [5, 5.41) is 0. The predicted molar refractivity (Wildman–Crippen MR) is 102 cm³/mol. The van der Waals surface area contributed by atoms with Crippen molar-refractivity contribution in [3.8, 4) is 5.75 Å². The van der Waals surface area contributed by atoms with Gasteiger partial charge in [0.25, 0.3) is 11.8 Å². The van der Waals surface area contributed by atoms with E-state index < -0.39 is 5.97 Å². The number of esters is 1. The number of nitrogens with zero attached hydrogens (tertiary/aromatic N) is 1. The molecular weight excluding hydrogens is 414 g/mol. The number of hydrogen-bond donors (Lipinski definition) is 0. The van der Waals surface area contributed by atoms with E-state index in [-0.39, 0.29) is 25.0 Å². The van der Waals surface area contributed by atoms with Crippen LogP contribution in [0.5, 0.6) is 5.75 Å². The number of hydrogen-bond acceptors (Lipinski definition) is 5. The number of halogens is 1. The Bertz CT molecular complexity index is 815. The first kappa shape index (κ1) is 19.1. The fourth-order valence-corrected chi connectivity index (χ4v) is 2.98. The van der Waals surface area contributed by atoms with Crippen LogP contribution in [0.3, 0.4) is 0 Å². The highest BCUT2D eigenvalue weighted by Gasteiger charge is 2.34. The number of benzene rings is 2. The van der Waals surface area contributed by atoms with Crippen LogP contribution in [-0.2, 0) is 9.53 Å². The lowest BCUT2D eigenvalue weighted by Crippen LogP contribution is -2.30. The van der Waals surface area contributed by atoms with E-state index in [0.717, 1.165) is 4.47 Å². The number of carbonyl (C=O) groups excluding carboxylic acids is 3. The average Bonchev–Trinajstić information content (AvgIpc) is 2.92. The van der Waals surface area contributed by atoms with Gasteiger partial charge >= 0.3 is 5.97 Å². The van der Waals surface area contributed by atoms with Gasteiger partial charge in [0.1, 0.15) is 5.75 Å². The molecule has 0 N–H and O–H groups in total. The molecule has 2 amide bonds. The Balaban J connectivity index is 1.34. The number of fused-ring (bicyclic) bond motifs is 1. The molecule has 1 aliphatic rings. The van der Waals surface area contributed by atoms with Gasteiger partial charge in [-0.05, 0) is 49.2 Å². The fraction of sp³-hybridized carbons (Fsp3) is 0.250. The van der Waals surface area contributed by atoms with Crippen molar-refractivity contribution in [2.45, 2.75) is 12.8 Å². The van der Waals surface area contributed by atoms with E-state index >= 15 is 0 Å². The van der Waals surface area contributed by atoms with E-state index in [4.69, 9.17) is 9.47 Å². The van der Waals surface area contributed by atoms with Crippen molar-refractivity contribution in [2.24, 2.45) is 0 Å². The van der Waals surface area contributed by atoms with Crippen LogP contribution in [0.2, 0.25) is 0 Å². The molecular formula is C20H18BrNO5. The van der Waals surface area contributed by atoms with Crippen molar-refractivity contribution in [1.29, 1.82) is 0 Å². The van der Waals surface area contributed by atoms with Gasteiger partial charge in [0, 0.05) is 11.0 Å². The second-order valence-electron chi connectivity index (χ2n) is 5.98. The molecule has 0 aromatic heterocycles. The van der Waals surface area contributed by atoms with Crippen LogP contribution in [0, 0.1) is 0 Å². The van der Waals surface area contributed by atoms with Crippen LogP contribution in [0.4, 0.5) is 0 Å². The number of ether oxygens (including phenoxy) is 2. The van der Waals surface area contributed by atoms with Crippen molar-refractivity contribution in [3.63, 3.8) is 0 Å². The summed E-state index contributed by atoms with van der Waals surface area (Å²) in [6.45, 7) is 0.352. The molecule has 0 atom stereocenters. The lowest BCUT2D eigenvalue weighted by Gasteiger charge is -2.13. The molecule has 0 saturated heterocycles. The molecule has 0 saturated carbocycles. The highest BCUT2D eigenvalue weighted by molar-refractivity contribution is 9.10. The Labute approximate surface area is 165 Å². The number of amides is 2. The normalized spacial score (nSPS) is 12.9. The fourth-order valence-electron chi connectivity index (χ4n) is 2.71. The van der Waals surface area contributed by atoms with E-state index in [1.54, 1.807) is 36.4 Å². The van der Waals surface area contributed by atoms with Gasteiger partial charge in [-0.2, -0.15) is 0 Å². The summed E-state index contributed by atoms with van der Waals surface area (Å²) in [6.07, 6.45) is 1.11. The van der Waals surface area contributed by atoms with E-state index in [2.05, 4.69) is 15.9 Å². The van der Waals surface area contributed by atoms with Crippen molar-refractivity contribution >= 4 is 33.7 Å². The lowest BCUT2D eigenvalue weighted by molar-refractivity contribution is -0.146. The first-order chi connectivity index (χ1) is 13.1. The lowest BCUT2D eigenvalue weighted by atomic mass is 10.1. The maximum absolute atomic E-state index is 12.2. The molecule has 6 nitrogen and oxygen atoms in total. The molecule has 1 heterocycles. The zero-order valence-electron chi connectivity index (χ0n) is 14.5. The molecule has 1 aliphatic heterocycles. The van der Waals surface area contributed by atoms with Gasteiger partial charge in [0.15, 0.2) is 6.61 Å². The smallest absolute Gasteiger partial charge is 0.344 e. The van der Waals surface area contributed by atoms with Crippen molar-refractivity contribution in [1.82, 2.24) is 4.90 Å². The molecule has 0 bridgehead atoms. The highest BCUT2D eigenvalue weighted by Crippen LogP contribution is 2.22. The van der Waals surface area contributed by atoms with Gasteiger partial charge in [0.05, 0.1) is 17.7 Å². The zero-order valence-corrected chi connectivity index (χ0v) is 16.1. The van der Waals surface area contributed by atoms with Gasteiger partial charge < -0.3 is 9.47 Å². The Morgan fingerprint density at radius 3 is 2.19 bits per heavy atom. The minimum atomic E-state index is -0.460. The highest BCUT2D eigenvalue weighted by atomic mass is 79.9. The van der Waals surface area contributed by atoms with Crippen LogP contribution in [0.25, 0.3) is 0 Å². The summed E-state index contributed by atoms with van der Waals surface area (Å²) in [7, 11) is 0. The van der Waals surface area contributed by atoms with Gasteiger partial charge in [-0.1, -0.05) is 28.1 Å². The average molecular weight is 432 g/mol. The molecule has 0 fully saturated rings. The number of rotatable bonds is 8. The minimum absolute atomic E-state index is 0.167. The summed E-state index contributed by atoms with van der Waals surface area (Å²) in [5.74, 6) is -0.412. The van der Waals surface area contributed by atoms with Crippen molar-refractivity contribution in [2.75, 3.05) is 19.8 Å². The van der Waals surface area contributed by atoms with Crippen LogP contribution in [-0.4, -0.2) is 42.4 Å². The number of imide groups is 1. The molecule has 140 valence electrons. The Hall–Kier alpha value is -2.67. The SMILES string of the molecule is O=C(COc1ccc(Br)cc1)OCCCCN1C(=O)c2ccccc2C1=O. The van der Waals surface area contributed by atoms with Crippen LogP contribution < -0.4 is 4.74 Å². The summed E-state index contributed by atoms with van der Waals surface area (Å²) in [4.78, 5) is 37.4. The Morgan fingerprint density at radius 2 is 1.56 bits per heavy atom. The number of carbonyl (C=O) groups is 3. The molecule has 2 aromatic rings. The van der Waals surface area contributed by atoms with Gasteiger partial charge in [-0.3, -0.25) is 14.5 Å². The molecule has 0 aliphatic carbocycles. The molecule has 2 aromatic carbocycles. The summed E-state index contributed by atoms with van der Waals surface area (Å²) >= 11 is 3.32. The maximum atomic E-state index is 12.2. The minimum Gasteiger partial charge on any atom is -0.482 e. The predicted octanol–water partition coefficient (Wildman–Crippen LogP) is 3.45. The van der Waals surface area contributed by atoms with Gasteiger partial charge in [-0.15, -0.1) is 0 Å². The van der Waals surface area contributed by atoms with E-state index in [9.17, 15) is 14.4 Å². The van der Waals surface area contributed by atoms with E-state index in [1.165, 1.54) is 4.90 Å². The summed E-state index contributed by atoms with van der Waals surface area (Å²) in [5.41, 5.74) is 0.887. The molecule has 3 rings (SSSR count). The first-order valence-electron chi connectivity index (χ1n) is 8.55. The summed E-state index contributed by atoms with van der Waals surface area (Å²) in [6, 6.07) is 13.9. The van der Waals surface area contributed by atoms with Crippen molar-refractivity contribution < 1.29 is 23.9 Å². The maximum Gasteiger partial charge on any atom is 0.344 e. The Kier molecular flexibility index (Phi) is 6.24. The first-order valence-corrected chi connectivity index (χ1v) is 9.35. The van der Waals surface area contributed by atoms with Crippen molar-refractivity contribution in [3.05, 3.63) is 64.1 Å². The quantitative estimate of drug-likeness (QED) is 0.363. The third kappa shape index (κ3) is 4.74. The van der Waals surface area contributed by atoms with Gasteiger partial charge in [-0.25, -0.2) is 4.79 Å². The second kappa shape index (κ2) is 8.81. The Morgan fingerprint density at radius 1 is 0.926 bits per heavy atom. The van der Waals surface area contributed by atoms with E-state index in [1.807, 2.05) is 12.1 Å². The standard InChI is InChI=1S/C20H18BrNO5/c21-14-7-9-15(10-8-14)27-13-18(23)26-12-4-3-11-22-19(24)16-5-1-2-6-17(16)20(22)25/h1-2,5-10H,3-4,11-13H2. The third-order valence-electron chi connectivity index (χ3n) is 4.09.